The second kappa shape index (κ2) is 14.9. The minimum Gasteiger partial charge on any atom is -0.497 e. The van der Waals surface area contributed by atoms with Crippen molar-refractivity contribution < 1.29 is 32.1 Å². The van der Waals surface area contributed by atoms with Gasteiger partial charge >= 0.3 is 6.18 Å². The Hall–Kier alpha value is -5.93. The minimum atomic E-state index is -4.49. The Morgan fingerprint density at radius 1 is 0.689 bits per heavy atom. The highest BCUT2D eigenvalue weighted by Gasteiger charge is 2.45. The zero-order chi connectivity index (χ0) is 42.1. The third-order valence-corrected chi connectivity index (χ3v) is 13.4. The number of hydrogen-bond donors (Lipinski definition) is 0. The summed E-state index contributed by atoms with van der Waals surface area (Å²) in [6.07, 6.45) is 3.27. The third-order valence-electron chi connectivity index (χ3n) is 13.4. The smallest absolute Gasteiger partial charge is 0.417 e. The number of rotatable bonds is 7. The fourth-order valence-corrected chi connectivity index (χ4v) is 10.3. The molecule has 9 heteroatoms. The van der Waals surface area contributed by atoms with Crippen LogP contribution in [0, 0.1) is 0 Å². The Morgan fingerprint density at radius 3 is 2.08 bits per heavy atom. The first kappa shape index (κ1) is 39.2. The van der Waals surface area contributed by atoms with Gasteiger partial charge in [0.2, 0.25) is 0 Å². The van der Waals surface area contributed by atoms with Crippen LogP contribution in [-0.4, -0.2) is 53.6 Å². The molecule has 0 spiro atoms. The molecule has 0 bridgehead atoms. The molecule has 0 radical (unpaired) electrons. The van der Waals surface area contributed by atoms with E-state index < -0.39 is 22.8 Å². The summed E-state index contributed by atoms with van der Waals surface area (Å²) in [5.74, 6) is 2.25. The van der Waals surface area contributed by atoms with Gasteiger partial charge in [-0.2, -0.15) is 13.2 Å². The van der Waals surface area contributed by atoms with Crippen molar-refractivity contribution in [3.05, 3.63) is 143 Å². The van der Waals surface area contributed by atoms with Gasteiger partial charge in [0, 0.05) is 59.4 Å². The Kier molecular flexibility index (Phi) is 9.59. The lowest BCUT2D eigenvalue weighted by Crippen LogP contribution is -2.37. The molecule has 4 aliphatic rings. The van der Waals surface area contributed by atoms with Gasteiger partial charge in [-0.3, -0.25) is 0 Å². The van der Waals surface area contributed by atoms with Gasteiger partial charge in [0.25, 0.3) is 0 Å². The van der Waals surface area contributed by atoms with Crippen molar-refractivity contribution in [2.24, 2.45) is 0 Å². The lowest BCUT2D eigenvalue weighted by molar-refractivity contribution is -0.137. The second-order valence-electron chi connectivity index (χ2n) is 17.1. The molecular weight excluding hydrogens is 774 g/mol. The largest absolute Gasteiger partial charge is 0.497 e. The number of nitrogens with zero attached hydrogens (tertiary/aromatic N) is 2. The molecule has 1 atom stereocenters. The zero-order valence-electron chi connectivity index (χ0n) is 35.0. The summed E-state index contributed by atoms with van der Waals surface area (Å²) in [7, 11) is 3.39. The molecule has 0 saturated carbocycles. The van der Waals surface area contributed by atoms with Crippen molar-refractivity contribution in [2.45, 2.75) is 50.3 Å². The molecule has 2 saturated heterocycles. The van der Waals surface area contributed by atoms with Gasteiger partial charge in [0.1, 0.15) is 17.2 Å². The lowest BCUT2D eigenvalue weighted by Gasteiger charge is -2.39. The van der Waals surface area contributed by atoms with E-state index in [1.54, 1.807) is 26.4 Å². The maximum absolute atomic E-state index is 14.4. The molecule has 6 aromatic carbocycles. The second-order valence-corrected chi connectivity index (χ2v) is 17.1. The summed E-state index contributed by atoms with van der Waals surface area (Å²) in [6, 6.07) is 32.8. The summed E-state index contributed by atoms with van der Waals surface area (Å²) >= 11 is 0. The van der Waals surface area contributed by atoms with Crippen LogP contribution in [0.1, 0.15) is 66.5 Å². The van der Waals surface area contributed by atoms with Crippen LogP contribution in [0.3, 0.4) is 0 Å². The van der Waals surface area contributed by atoms with E-state index in [4.69, 9.17) is 18.9 Å². The molecule has 10 rings (SSSR count). The molecule has 6 aromatic rings. The number of anilines is 2. The quantitative estimate of drug-likeness (QED) is 0.160. The van der Waals surface area contributed by atoms with Crippen molar-refractivity contribution in [3.8, 4) is 39.5 Å². The first-order valence-corrected chi connectivity index (χ1v) is 21.3. The molecule has 1 unspecified atom stereocenters. The fourth-order valence-electron chi connectivity index (χ4n) is 10.3. The normalized spacial score (nSPS) is 19.3. The number of hydrogen-bond acceptors (Lipinski definition) is 6. The fraction of sp³-hybridized carbons (Fsp3) is 0.308. The highest BCUT2D eigenvalue weighted by Crippen LogP contribution is 2.60. The third kappa shape index (κ3) is 6.42. The molecule has 2 fully saturated rings. The number of piperidine rings is 1. The zero-order valence-corrected chi connectivity index (χ0v) is 35.0. The first-order valence-electron chi connectivity index (χ1n) is 21.3. The Labute approximate surface area is 355 Å². The van der Waals surface area contributed by atoms with Gasteiger partial charge in [-0.25, -0.2) is 0 Å². The molecule has 3 heterocycles. The van der Waals surface area contributed by atoms with Crippen LogP contribution < -0.4 is 24.0 Å². The minimum absolute atomic E-state index is 0.167. The molecule has 312 valence electrons. The Balaban J connectivity index is 1.21. The predicted molar refractivity (Wildman–Crippen MR) is 237 cm³/mol. The van der Waals surface area contributed by atoms with E-state index in [1.165, 1.54) is 12.5 Å². The maximum Gasteiger partial charge on any atom is 0.417 e. The van der Waals surface area contributed by atoms with Crippen LogP contribution in [0.5, 0.6) is 17.2 Å². The van der Waals surface area contributed by atoms with E-state index in [0.717, 1.165) is 123 Å². The van der Waals surface area contributed by atoms with Gasteiger partial charge in [-0.1, -0.05) is 74.5 Å². The maximum atomic E-state index is 14.4. The monoisotopic (exact) mass is 822 g/mol. The van der Waals surface area contributed by atoms with Gasteiger partial charge in [-0.05, 0) is 113 Å². The number of ether oxygens (including phenoxy) is 4. The molecule has 1 aliphatic carbocycles. The van der Waals surface area contributed by atoms with Crippen LogP contribution in [0.4, 0.5) is 24.5 Å². The number of benzene rings is 6. The summed E-state index contributed by atoms with van der Waals surface area (Å²) in [5.41, 5.74) is 7.59. The standard InChI is InChI=1S/C52H49F3N2O4/c1-50(2)44-30-33(38-10-6-7-11-43(38)52(53,54)55)12-21-39(44)47-41-31-45(57-24-8-5-9-25-57)46(59-4)32-42(41)49-40(48(47)50)22-23-51(61-49,35-15-19-37(58-3)20-16-35)34-13-17-36(18-14-34)56-26-28-60-29-27-56/h6-7,10-23,30-32H,5,8-9,24-29H2,1-4H3. The number of alkyl halides is 3. The van der Waals surface area contributed by atoms with E-state index in [0.29, 0.717) is 18.8 Å². The predicted octanol–water partition coefficient (Wildman–Crippen LogP) is 12.0. The highest BCUT2D eigenvalue weighted by molar-refractivity contribution is 6.10. The molecule has 6 nitrogen and oxygen atoms in total. The Bertz CT molecular complexity index is 2680. The van der Waals surface area contributed by atoms with Gasteiger partial charge in [0.05, 0.1) is 38.7 Å². The topological polar surface area (TPSA) is 43.4 Å². The number of fused-ring (bicyclic) bond motifs is 8. The molecule has 3 aliphatic heterocycles. The van der Waals surface area contributed by atoms with E-state index in [1.807, 2.05) is 30.3 Å². The van der Waals surface area contributed by atoms with Crippen molar-refractivity contribution in [2.75, 3.05) is 63.4 Å². The van der Waals surface area contributed by atoms with Crippen LogP contribution >= 0.6 is 0 Å². The molecular formula is C52H49F3N2O4. The van der Waals surface area contributed by atoms with E-state index in [9.17, 15) is 13.2 Å². The summed E-state index contributed by atoms with van der Waals surface area (Å²) < 4.78 is 68.3. The molecule has 0 aromatic heterocycles. The molecule has 61 heavy (non-hydrogen) atoms. The number of halogens is 3. The SMILES string of the molecule is COc1ccc(C2(c3ccc(N4CCOCC4)cc3)C=Cc3c4c(c5cc(N6CCCCC6)c(OC)cc5c3O2)-c2ccc(-c3ccccc3C(F)(F)F)cc2C4(C)C)cc1. The van der Waals surface area contributed by atoms with Gasteiger partial charge < -0.3 is 28.7 Å². The molecule has 0 amide bonds. The first-order chi connectivity index (χ1) is 29.5. The van der Waals surface area contributed by atoms with Gasteiger partial charge in [-0.15, -0.1) is 0 Å². The van der Waals surface area contributed by atoms with Crippen LogP contribution in [-0.2, 0) is 21.9 Å². The van der Waals surface area contributed by atoms with Gasteiger partial charge in [0.15, 0.2) is 5.60 Å². The summed E-state index contributed by atoms with van der Waals surface area (Å²) in [6.45, 7) is 9.28. The van der Waals surface area contributed by atoms with Crippen molar-refractivity contribution in [1.29, 1.82) is 0 Å². The van der Waals surface area contributed by atoms with Crippen molar-refractivity contribution in [3.63, 3.8) is 0 Å². The average molecular weight is 823 g/mol. The van der Waals surface area contributed by atoms with E-state index in [-0.39, 0.29) is 5.56 Å². The van der Waals surface area contributed by atoms with E-state index >= 15 is 0 Å². The summed E-state index contributed by atoms with van der Waals surface area (Å²) in [5, 5.41) is 1.93. The lowest BCUT2D eigenvalue weighted by atomic mass is 9.76. The number of methoxy groups -OCH3 is 2. The van der Waals surface area contributed by atoms with Crippen molar-refractivity contribution in [1.82, 2.24) is 0 Å². The van der Waals surface area contributed by atoms with Crippen molar-refractivity contribution >= 4 is 28.2 Å². The van der Waals surface area contributed by atoms with Crippen LogP contribution in [0.2, 0.25) is 0 Å². The van der Waals surface area contributed by atoms with Crippen LogP contribution in [0.25, 0.3) is 39.1 Å². The Morgan fingerprint density at radius 2 is 1.39 bits per heavy atom. The van der Waals surface area contributed by atoms with E-state index in [2.05, 4.69) is 84.3 Å². The number of morpholine rings is 1. The average Bonchev–Trinajstić information content (AvgIpc) is 3.54. The summed E-state index contributed by atoms with van der Waals surface area (Å²) in [4.78, 5) is 4.76. The van der Waals surface area contributed by atoms with Crippen LogP contribution in [0.15, 0.2) is 109 Å². The molecule has 0 N–H and O–H groups in total. The highest BCUT2D eigenvalue weighted by atomic mass is 19.4.